The van der Waals surface area contributed by atoms with Crippen LogP contribution in [0, 0.1) is 0 Å². The van der Waals surface area contributed by atoms with Crippen molar-refractivity contribution in [1.29, 1.82) is 0 Å². The van der Waals surface area contributed by atoms with Crippen molar-refractivity contribution in [3.8, 4) is 5.75 Å². The van der Waals surface area contributed by atoms with Crippen LogP contribution in [0.15, 0.2) is 48.5 Å². The Kier molecular flexibility index (Phi) is 5.23. The first-order chi connectivity index (χ1) is 10.1. The lowest BCUT2D eigenvalue weighted by molar-refractivity contribution is 0.102. The Bertz CT molecular complexity index is 626. The number of alkyl halides is 1. The molecular formula is C17H18ClNO2. The quantitative estimate of drug-likeness (QED) is 0.828. The zero-order valence-electron chi connectivity index (χ0n) is 12.1. The van der Waals surface area contributed by atoms with Crippen LogP contribution in [0.5, 0.6) is 5.75 Å². The molecule has 0 aromatic heterocycles. The maximum Gasteiger partial charge on any atom is 0.255 e. The van der Waals surface area contributed by atoms with Gasteiger partial charge >= 0.3 is 0 Å². The van der Waals surface area contributed by atoms with E-state index >= 15 is 0 Å². The minimum atomic E-state index is -0.179. The second kappa shape index (κ2) is 7.14. The molecule has 0 unspecified atom stereocenters. The van der Waals surface area contributed by atoms with E-state index in [1.807, 2.05) is 50.2 Å². The van der Waals surface area contributed by atoms with Crippen LogP contribution in [0.25, 0.3) is 0 Å². The van der Waals surface area contributed by atoms with E-state index in [-0.39, 0.29) is 12.0 Å². The van der Waals surface area contributed by atoms with E-state index in [9.17, 15) is 4.79 Å². The molecule has 21 heavy (non-hydrogen) atoms. The average molecular weight is 304 g/mol. The Labute approximate surface area is 129 Å². The van der Waals surface area contributed by atoms with E-state index in [0.29, 0.717) is 22.9 Å². The Morgan fingerprint density at radius 2 is 1.95 bits per heavy atom. The summed E-state index contributed by atoms with van der Waals surface area (Å²) in [5.41, 5.74) is 2.15. The summed E-state index contributed by atoms with van der Waals surface area (Å²) < 4.78 is 5.69. The van der Waals surface area contributed by atoms with E-state index in [0.717, 1.165) is 5.56 Å². The van der Waals surface area contributed by atoms with Gasteiger partial charge in [0, 0.05) is 11.4 Å². The molecule has 0 spiro atoms. The van der Waals surface area contributed by atoms with Crippen LogP contribution in [0.3, 0.4) is 0 Å². The Balaban J connectivity index is 2.19. The molecule has 3 nitrogen and oxygen atoms in total. The molecule has 0 aliphatic rings. The van der Waals surface area contributed by atoms with Crippen molar-refractivity contribution in [2.24, 2.45) is 0 Å². The number of benzene rings is 2. The number of anilines is 1. The minimum absolute atomic E-state index is 0.0441. The highest BCUT2D eigenvalue weighted by Crippen LogP contribution is 2.25. The Morgan fingerprint density at radius 1 is 1.19 bits per heavy atom. The topological polar surface area (TPSA) is 38.3 Å². The molecular weight excluding hydrogens is 286 g/mol. The number of rotatable bonds is 5. The molecule has 1 amide bonds. The number of carbonyl (C=O) groups excluding carboxylic acids is 1. The monoisotopic (exact) mass is 303 g/mol. The third-order valence-corrected chi connectivity index (χ3v) is 3.15. The summed E-state index contributed by atoms with van der Waals surface area (Å²) in [5, 5.41) is 2.88. The number of hydrogen-bond acceptors (Lipinski definition) is 2. The van der Waals surface area contributed by atoms with Gasteiger partial charge in [0.15, 0.2) is 0 Å². The van der Waals surface area contributed by atoms with Crippen LogP contribution in [0.1, 0.15) is 29.8 Å². The molecule has 4 heteroatoms. The molecule has 0 aliphatic carbocycles. The van der Waals surface area contributed by atoms with E-state index in [1.54, 1.807) is 12.1 Å². The van der Waals surface area contributed by atoms with E-state index in [1.165, 1.54) is 0 Å². The zero-order chi connectivity index (χ0) is 15.2. The largest absolute Gasteiger partial charge is 0.489 e. The highest BCUT2D eigenvalue weighted by Gasteiger charge is 2.11. The van der Waals surface area contributed by atoms with E-state index in [4.69, 9.17) is 16.3 Å². The lowest BCUT2D eigenvalue weighted by Crippen LogP contribution is -2.14. The van der Waals surface area contributed by atoms with Crippen LogP contribution in [-0.4, -0.2) is 12.0 Å². The summed E-state index contributed by atoms with van der Waals surface area (Å²) in [6.07, 6.45) is 0.0441. The Hall–Kier alpha value is -2.00. The lowest BCUT2D eigenvalue weighted by Gasteiger charge is -2.14. The van der Waals surface area contributed by atoms with Gasteiger partial charge in [0.1, 0.15) is 5.75 Å². The number of para-hydroxylation sites is 2. The van der Waals surface area contributed by atoms with E-state index in [2.05, 4.69) is 5.32 Å². The third-order valence-electron chi connectivity index (χ3n) is 2.84. The predicted octanol–water partition coefficient (Wildman–Crippen LogP) is 4.46. The van der Waals surface area contributed by atoms with Crippen molar-refractivity contribution in [3.05, 3.63) is 59.7 Å². The second-order valence-electron chi connectivity index (χ2n) is 4.95. The normalized spacial score (nSPS) is 10.5. The molecule has 1 N–H and O–H groups in total. The third kappa shape index (κ3) is 4.23. The van der Waals surface area contributed by atoms with Gasteiger partial charge in [0.2, 0.25) is 0 Å². The first kappa shape index (κ1) is 15.4. The summed E-state index contributed by atoms with van der Waals surface area (Å²) in [6.45, 7) is 3.89. The standard InChI is InChI=1S/C17H18ClNO2/c1-12(2)21-16-9-4-3-8-15(16)19-17(20)14-7-5-6-13(10-14)11-18/h3-10,12H,11H2,1-2H3,(H,19,20). The first-order valence-electron chi connectivity index (χ1n) is 6.82. The molecule has 0 aliphatic heterocycles. The molecule has 0 heterocycles. The molecule has 0 radical (unpaired) electrons. The summed E-state index contributed by atoms with van der Waals surface area (Å²) in [7, 11) is 0. The van der Waals surface area contributed by atoms with Gasteiger partial charge in [-0.2, -0.15) is 0 Å². The fourth-order valence-corrected chi connectivity index (χ4v) is 2.08. The fourth-order valence-electron chi connectivity index (χ4n) is 1.92. The van der Waals surface area contributed by atoms with Crippen LogP contribution >= 0.6 is 11.6 Å². The zero-order valence-corrected chi connectivity index (χ0v) is 12.9. The molecule has 110 valence electrons. The number of nitrogens with one attached hydrogen (secondary N) is 1. The maximum atomic E-state index is 12.3. The smallest absolute Gasteiger partial charge is 0.255 e. The second-order valence-corrected chi connectivity index (χ2v) is 5.22. The molecule has 0 saturated carbocycles. The van der Waals surface area contributed by atoms with Crippen molar-refractivity contribution < 1.29 is 9.53 Å². The van der Waals surface area contributed by atoms with Crippen LogP contribution < -0.4 is 10.1 Å². The predicted molar refractivity (Wildman–Crippen MR) is 86.2 cm³/mol. The number of halogens is 1. The number of hydrogen-bond donors (Lipinski definition) is 1. The van der Waals surface area contributed by atoms with Crippen molar-refractivity contribution in [3.63, 3.8) is 0 Å². The molecule has 0 atom stereocenters. The Morgan fingerprint density at radius 3 is 2.67 bits per heavy atom. The minimum Gasteiger partial charge on any atom is -0.489 e. The first-order valence-corrected chi connectivity index (χ1v) is 7.35. The van der Waals surface area contributed by atoms with E-state index < -0.39 is 0 Å². The number of carbonyl (C=O) groups is 1. The molecule has 0 fully saturated rings. The van der Waals surface area contributed by atoms with Crippen LogP contribution in [0.2, 0.25) is 0 Å². The molecule has 0 saturated heterocycles. The van der Waals surface area contributed by atoms with Gasteiger partial charge in [-0.05, 0) is 43.7 Å². The average Bonchev–Trinajstić information content (AvgIpc) is 2.48. The van der Waals surface area contributed by atoms with Gasteiger partial charge in [-0.3, -0.25) is 4.79 Å². The maximum absolute atomic E-state index is 12.3. The molecule has 2 aromatic carbocycles. The van der Waals surface area contributed by atoms with Gasteiger partial charge in [0.25, 0.3) is 5.91 Å². The summed E-state index contributed by atoms with van der Waals surface area (Å²) in [4.78, 5) is 12.3. The molecule has 0 bridgehead atoms. The summed E-state index contributed by atoms with van der Waals surface area (Å²) in [5.74, 6) is 0.866. The highest BCUT2D eigenvalue weighted by molar-refractivity contribution is 6.17. The number of amides is 1. The molecule has 2 rings (SSSR count). The van der Waals surface area contributed by atoms with Gasteiger partial charge in [-0.1, -0.05) is 24.3 Å². The lowest BCUT2D eigenvalue weighted by atomic mass is 10.1. The van der Waals surface area contributed by atoms with Crippen molar-refractivity contribution in [2.75, 3.05) is 5.32 Å². The fraction of sp³-hybridized carbons (Fsp3) is 0.235. The van der Waals surface area contributed by atoms with Crippen molar-refractivity contribution in [1.82, 2.24) is 0 Å². The van der Waals surface area contributed by atoms with Crippen LogP contribution in [-0.2, 0) is 5.88 Å². The van der Waals surface area contributed by atoms with Gasteiger partial charge in [0.05, 0.1) is 11.8 Å². The van der Waals surface area contributed by atoms with Gasteiger partial charge in [-0.15, -0.1) is 11.6 Å². The van der Waals surface area contributed by atoms with Gasteiger partial charge in [-0.25, -0.2) is 0 Å². The summed E-state index contributed by atoms with van der Waals surface area (Å²) in [6, 6.07) is 14.7. The SMILES string of the molecule is CC(C)Oc1ccccc1NC(=O)c1cccc(CCl)c1. The summed E-state index contributed by atoms with van der Waals surface area (Å²) >= 11 is 5.79. The van der Waals surface area contributed by atoms with Crippen molar-refractivity contribution in [2.45, 2.75) is 25.8 Å². The van der Waals surface area contributed by atoms with Crippen LogP contribution in [0.4, 0.5) is 5.69 Å². The highest BCUT2D eigenvalue weighted by atomic mass is 35.5. The van der Waals surface area contributed by atoms with Gasteiger partial charge < -0.3 is 10.1 Å². The number of ether oxygens (including phenoxy) is 1. The van der Waals surface area contributed by atoms with Crippen molar-refractivity contribution >= 4 is 23.2 Å². The molecule has 2 aromatic rings.